The van der Waals surface area contributed by atoms with Gasteiger partial charge >= 0.3 is 0 Å². The van der Waals surface area contributed by atoms with Crippen molar-refractivity contribution in [2.24, 2.45) is 0 Å². The van der Waals surface area contributed by atoms with Gasteiger partial charge in [0.05, 0.1) is 4.88 Å². The Balaban J connectivity index is 2.63. The molecule has 0 bridgehead atoms. The van der Waals surface area contributed by atoms with E-state index in [1.54, 1.807) is 18.3 Å². The van der Waals surface area contributed by atoms with Crippen LogP contribution in [0.15, 0.2) is 24.3 Å². The Morgan fingerprint density at radius 3 is 2.50 bits per heavy atom. The van der Waals surface area contributed by atoms with Crippen LogP contribution >= 0.6 is 11.3 Å². The fraction of sp³-hybridized carbons (Fsp3) is 0.286. The number of rotatable bonds is 3. The molecule has 1 aromatic heterocycles. The average molecular weight is 260 g/mol. The predicted octanol–water partition coefficient (Wildman–Crippen LogP) is 3.39. The van der Waals surface area contributed by atoms with Gasteiger partial charge in [-0.15, -0.1) is 0 Å². The molecule has 0 aliphatic heterocycles. The summed E-state index contributed by atoms with van der Waals surface area (Å²) in [6.07, 6.45) is 0. The largest absolute Gasteiger partial charge is 0.354 e. The molecular weight excluding hydrogens is 244 g/mol. The van der Waals surface area contributed by atoms with E-state index >= 15 is 0 Å². The second-order valence-electron chi connectivity index (χ2n) is 4.44. The van der Waals surface area contributed by atoms with Crippen molar-refractivity contribution in [3.8, 4) is 10.4 Å². The number of ketones is 1. The maximum atomic E-state index is 11.7. The molecule has 18 heavy (non-hydrogen) atoms. The molecule has 94 valence electrons. The molecule has 2 aromatic rings. The molecule has 2 rings (SSSR count). The van der Waals surface area contributed by atoms with Gasteiger partial charge in [0.1, 0.15) is 5.69 Å². The van der Waals surface area contributed by atoms with Gasteiger partial charge in [-0.05, 0) is 18.1 Å². The van der Waals surface area contributed by atoms with E-state index in [2.05, 4.69) is 4.98 Å². The molecule has 0 amide bonds. The third kappa shape index (κ3) is 2.29. The summed E-state index contributed by atoms with van der Waals surface area (Å²) in [6.45, 7) is 3.62. The number of nitrogens with zero attached hydrogens (tertiary/aromatic N) is 2. The topological polar surface area (TPSA) is 33.2 Å². The molecule has 0 aliphatic rings. The van der Waals surface area contributed by atoms with Gasteiger partial charge in [-0.25, -0.2) is 4.98 Å². The van der Waals surface area contributed by atoms with Gasteiger partial charge in [0.25, 0.3) is 0 Å². The molecule has 0 saturated heterocycles. The molecule has 1 heterocycles. The van der Waals surface area contributed by atoms with E-state index < -0.39 is 0 Å². The van der Waals surface area contributed by atoms with Gasteiger partial charge in [-0.1, -0.05) is 35.6 Å². The Hall–Kier alpha value is -1.68. The number of benzene rings is 1. The lowest BCUT2D eigenvalue weighted by Crippen LogP contribution is -2.08. The highest BCUT2D eigenvalue weighted by Gasteiger charge is 2.18. The van der Waals surface area contributed by atoms with E-state index in [0.717, 1.165) is 21.1 Å². The summed E-state index contributed by atoms with van der Waals surface area (Å²) in [6, 6.07) is 8.07. The molecule has 1 aromatic carbocycles. The minimum atomic E-state index is 0.0117. The second kappa shape index (κ2) is 4.90. The number of hydrogen-bond acceptors (Lipinski definition) is 4. The molecule has 0 spiro atoms. The summed E-state index contributed by atoms with van der Waals surface area (Å²) < 4.78 is 0. The minimum absolute atomic E-state index is 0.0117. The molecule has 4 heteroatoms. The Morgan fingerprint density at radius 2 is 1.94 bits per heavy atom. The zero-order chi connectivity index (χ0) is 13.3. The first-order valence-corrected chi connectivity index (χ1v) is 6.57. The molecule has 0 fully saturated rings. The summed E-state index contributed by atoms with van der Waals surface area (Å²) in [7, 11) is 3.87. The first-order chi connectivity index (χ1) is 8.50. The lowest BCUT2D eigenvalue weighted by molar-refractivity contribution is 0.101. The van der Waals surface area contributed by atoms with E-state index in [4.69, 9.17) is 0 Å². The van der Waals surface area contributed by atoms with E-state index in [1.165, 1.54) is 0 Å². The van der Waals surface area contributed by atoms with Crippen LogP contribution in [0.4, 0.5) is 5.13 Å². The van der Waals surface area contributed by atoms with Crippen molar-refractivity contribution in [2.75, 3.05) is 19.0 Å². The summed E-state index contributed by atoms with van der Waals surface area (Å²) >= 11 is 1.56. The fourth-order valence-corrected chi connectivity index (χ4v) is 2.88. The Morgan fingerprint density at radius 1 is 1.28 bits per heavy atom. The van der Waals surface area contributed by atoms with Gasteiger partial charge in [0.15, 0.2) is 10.9 Å². The van der Waals surface area contributed by atoms with Crippen LogP contribution in [0.5, 0.6) is 0 Å². The number of Topliss-reactive ketones (excluding diaryl/α,β-unsaturated/α-hetero) is 1. The number of anilines is 1. The summed E-state index contributed by atoms with van der Waals surface area (Å²) in [5, 5.41) is 0.860. The van der Waals surface area contributed by atoms with Crippen molar-refractivity contribution in [1.82, 2.24) is 4.98 Å². The second-order valence-corrected chi connectivity index (χ2v) is 5.42. The lowest BCUT2D eigenvalue weighted by atomic mass is 10.1. The SMILES string of the molecule is CC(=O)c1nc(N(C)C)sc1-c1ccccc1C. The highest BCUT2D eigenvalue weighted by atomic mass is 32.1. The normalized spacial score (nSPS) is 10.4. The monoisotopic (exact) mass is 260 g/mol. The molecular formula is C14H16N2OS. The van der Waals surface area contributed by atoms with Crippen LogP contribution < -0.4 is 4.90 Å². The number of carbonyl (C=O) groups excluding carboxylic acids is 1. The third-order valence-electron chi connectivity index (χ3n) is 2.72. The van der Waals surface area contributed by atoms with Crippen LogP contribution in [-0.2, 0) is 0 Å². The van der Waals surface area contributed by atoms with E-state index in [-0.39, 0.29) is 5.78 Å². The van der Waals surface area contributed by atoms with Crippen LogP contribution in [0, 0.1) is 6.92 Å². The van der Waals surface area contributed by atoms with Crippen molar-refractivity contribution in [1.29, 1.82) is 0 Å². The van der Waals surface area contributed by atoms with Crippen LogP contribution in [0.3, 0.4) is 0 Å². The zero-order valence-electron chi connectivity index (χ0n) is 11.0. The van der Waals surface area contributed by atoms with Gasteiger partial charge in [0.2, 0.25) is 0 Å². The first kappa shape index (κ1) is 12.8. The summed E-state index contributed by atoms with van der Waals surface area (Å²) in [5.74, 6) is 0.0117. The average Bonchev–Trinajstić information content (AvgIpc) is 2.74. The zero-order valence-corrected chi connectivity index (χ0v) is 11.8. The maximum absolute atomic E-state index is 11.7. The van der Waals surface area contributed by atoms with Crippen LogP contribution in [0.25, 0.3) is 10.4 Å². The van der Waals surface area contributed by atoms with Gasteiger partial charge in [0, 0.05) is 21.0 Å². The smallest absolute Gasteiger partial charge is 0.186 e. The fourth-order valence-electron chi connectivity index (χ4n) is 1.75. The van der Waals surface area contributed by atoms with Crippen molar-refractivity contribution >= 4 is 22.3 Å². The first-order valence-electron chi connectivity index (χ1n) is 5.75. The minimum Gasteiger partial charge on any atom is -0.354 e. The summed E-state index contributed by atoms with van der Waals surface area (Å²) in [4.78, 5) is 19.0. The van der Waals surface area contributed by atoms with Crippen LogP contribution in [0.1, 0.15) is 23.0 Å². The van der Waals surface area contributed by atoms with Crippen molar-refractivity contribution < 1.29 is 4.79 Å². The van der Waals surface area contributed by atoms with E-state index in [0.29, 0.717) is 5.69 Å². The molecule has 0 saturated carbocycles. The van der Waals surface area contributed by atoms with Crippen molar-refractivity contribution in [3.63, 3.8) is 0 Å². The van der Waals surface area contributed by atoms with E-state index in [9.17, 15) is 4.79 Å². The van der Waals surface area contributed by atoms with Gasteiger partial charge < -0.3 is 4.90 Å². The number of thiazole rings is 1. The third-order valence-corrected chi connectivity index (χ3v) is 3.98. The quantitative estimate of drug-likeness (QED) is 0.793. The van der Waals surface area contributed by atoms with Crippen LogP contribution in [-0.4, -0.2) is 24.9 Å². The molecule has 0 aliphatic carbocycles. The standard InChI is InChI=1S/C14H16N2OS/c1-9-7-5-6-8-11(9)13-12(10(2)17)15-14(18-13)16(3)4/h5-8H,1-4H3. The highest BCUT2D eigenvalue weighted by molar-refractivity contribution is 7.19. The van der Waals surface area contributed by atoms with Crippen molar-refractivity contribution in [2.45, 2.75) is 13.8 Å². The number of aryl methyl sites for hydroxylation is 1. The van der Waals surface area contributed by atoms with Gasteiger partial charge in [-0.3, -0.25) is 4.79 Å². The molecule has 3 nitrogen and oxygen atoms in total. The van der Waals surface area contributed by atoms with E-state index in [1.807, 2.05) is 50.2 Å². The predicted molar refractivity (Wildman–Crippen MR) is 76.6 cm³/mol. The molecule has 0 radical (unpaired) electrons. The van der Waals surface area contributed by atoms with Crippen molar-refractivity contribution in [3.05, 3.63) is 35.5 Å². The Labute approximate surface area is 111 Å². The van der Waals surface area contributed by atoms with Crippen LogP contribution in [0.2, 0.25) is 0 Å². The number of aromatic nitrogens is 1. The number of hydrogen-bond donors (Lipinski definition) is 0. The highest BCUT2D eigenvalue weighted by Crippen LogP contribution is 2.36. The Kier molecular flexibility index (Phi) is 3.48. The molecule has 0 atom stereocenters. The molecule has 0 N–H and O–H groups in total. The Bertz CT molecular complexity index is 587. The molecule has 0 unspecified atom stereocenters. The maximum Gasteiger partial charge on any atom is 0.186 e. The lowest BCUT2D eigenvalue weighted by Gasteiger charge is -2.05. The summed E-state index contributed by atoms with van der Waals surface area (Å²) in [5.41, 5.74) is 2.82. The number of carbonyl (C=O) groups is 1. The van der Waals surface area contributed by atoms with Gasteiger partial charge in [-0.2, -0.15) is 0 Å².